The Bertz CT molecular complexity index is 435. The average Bonchev–Trinajstić information content (AvgIpc) is 3.00. The lowest BCUT2D eigenvalue weighted by atomic mass is 10.1. The van der Waals surface area contributed by atoms with Crippen LogP contribution in [0.15, 0.2) is 21.8 Å². The fourth-order valence-corrected chi connectivity index (χ4v) is 2.52. The second kappa shape index (κ2) is 8.78. The molecule has 1 fully saturated rings. The molecule has 6 heteroatoms. The van der Waals surface area contributed by atoms with Crippen LogP contribution in [0.3, 0.4) is 0 Å². The molecule has 1 aromatic heterocycles. The number of guanidine groups is 1. The summed E-state index contributed by atoms with van der Waals surface area (Å²) in [6.45, 7) is 13.4. The van der Waals surface area contributed by atoms with Crippen LogP contribution in [0.5, 0.6) is 0 Å². The molecule has 6 nitrogen and oxygen atoms in total. The van der Waals surface area contributed by atoms with Crippen molar-refractivity contribution in [3.8, 4) is 0 Å². The Morgan fingerprint density at radius 3 is 2.73 bits per heavy atom. The van der Waals surface area contributed by atoms with Crippen molar-refractivity contribution in [2.75, 3.05) is 39.3 Å². The fourth-order valence-electron chi connectivity index (χ4n) is 2.52. The van der Waals surface area contributed by atoms with E-state index in [1.165, 1.54) is 0 Å². The summed E-state index contributed by atoms with van der Waals surface area (Å²) in [7, 11) is 0. The molecule has 0 amide bonds. The van der Waals surface area contributed by atoms with E-state index in [0.717, 1.165) is 63.9 Å². The van der Waals surface area contributed by atoms with Crippen LogP contribution in [0, 0.1) is 5.92 Å². The Labute approximate surface area is 133 Å². The Morgan fingerprint density at radius 2 is 2.14 bits per heavy atom. The van der Waals surface area contributed by atoms with Gasteiger partial charge in [0, 0.05) is 51.9 Å². The molecule has 0 spiro atoms. The molecule has 0 aromatic carbocycles. The molecule has 2 rings (SSSR count). The number of aliphatic imine (C=N–C) groups is 1. The van der Waals surface area contributed by atoms with Crippen molar-refractivity contribution in [2.24, 2.45) is 10.9 Å². The third-order valence-electron chi connectivity index (χ3n) is 3.85. The Hall–Kier alpha value is -1.56. The minimum atomic E-state index is 0.700. The SMILES string of the molecule is CCNC(=NCCC(C)C)N1CCN(Cc2ccon2)CC1. The number of hydrogen-bond acceptors (Lipinski definition) is 4. The molecule has 0 radical (unpaired) electrons. The predicted molar refractivity (Wildman–Crippen MR) is 88.8 cm³/mol. The molecular weight excluding hydrogens is 278 g/mol. The van der Waals surface area contributed by atoms with E-state index in [1.54, 1.807) is 6.26 Å². The van der Waals surface area contributed by atoms with E-state index in [4.69, 9.17) is 9.52 Å². The van der Waals surface area contributed by atoms with Crippen LogP contribution < -0.4 is 5.32 Å². The second-order valence-corrected chi connectivity index (χ2v) is 6.17. The van der Waals surface area contributed by atoms with E-state index >= 15 is 0 Å². The van der Waals surface area contributed by atoms with Gasteiger partial charge in [-0.3, -0.25) is 9.89 Å². The molecule has 1 saturated heterocycles. The molecule has 124 valence electrons. The quantitative estimate of drug-likeness (QED) is 0.641. The minimum Gasteiger partial charge on any atom is -0.364 e. The van der Waals surface area contributed by atoms with Crippen LogP contribution in [0.1, 0.15) is 32.9 Å². The van der Waals surface area contributed by atoms with E-state index in [-0.39, 0.29) is 0 Å². The summed E-state index contributed by atoms with van der Waals surface area (Å²) in [4.78, 5) is 9.54. The summed E-state index contributed by atoms with van der Waals surface area (Å²) >= 11 is 0. The summed E-state index contributed by atoms with van der Waals surface area (Å²) < 4.78 is 4.89. The van der Waals surface area contributed by atoms with Gasteiger partial charge in [-0.15, -0.1) is 0 Å². The maximum Gasteiger partial charge on any atom is 0.194 e. The van der Waals surface area contributed by atoms with Crippen molar-refractivity contribution < 1.29 is 4.52 Å². The Kier molecular flexibility index (Phi) is 6.71. The highest BCUT2D eigenvalue weighted by Gasteiger charge is 2.20. The summed E-state index contributed by atoms with van der Waals surface area (Å²) in [5.41, 5.74) is 1.01. The smallest absolute Gasteiger partial charge is 0.194 e. The second-order valence-electron chi connectivity index (χ2n) is 6.17. The van der Waals surface area contributed by atoms with Gasteiger partial charge in [0.1, 0.15) is 6.26 Å². The molecule has 1 aliphatic rings. The van der Waals surface area contributed by atoms with Gasteiger partial charge in [-0.2, -0.15) is 0 Å². The Morgan fingerprint density at radius 1 is 1.36 bits per heavy atom. The molecule has 0 atom stereocenters. The van der Waals surface area contributed by atoms with Crippen molar-refractivity contribution >= 4 is 5.96 Å². The van der Waals surface area contributed by atoms with Crippen LogP contribution in [0.4, 0.5) is 0 Å². The monoisotopic (exact) mass is 307 g/mol. The number of piperazine rings is 1. The molecule has 1 N–H and O–H groups in total. The highest BCUT2D eigenvalue weighted by molar-refractivity contribution is 5.80. The highest BCUT2D eigenvalue weighted by Crippen LogP contribution is 2.08. The van der Waals surface area contributed by atoms with E-state index < -0.39 is 0 Å². The first-order valence-electron chi connectivity index (χ1n) is 8.34. The number of aromatic nitrogens is 1. The van der Waals surface area contributed by atoms with Crippen LogP contribution in [0.25, 0.3) is 0 Å². The topological polar surface area (TPSA) is 56.9 Å². The van der Waals surface area contributed by atoms with Crippen LogP contribution in [-0.4, -0.2) is 60.2 Å². The van der Waals surface area contributed by atoms with Gasteiger partial charge in [-0.1, -0.05) is 19.0 Å². The van der Waals surface area contributed by atoms with Gasteiger partial charge < -0.3 is 14.7 Å². The standard InChI is InChI=1S/C16H29N5O/c1-4-17-16(18-7-5-14(2)3)21-10-8-20(9-11-21)13-15-6-12-22-19-15/h6,12,14H,4-5,7-11,13H2,1-3H3,(H,17,18). The van der Waals surface area contributed by atoms with Gasteiger partial charge in [-0.25, -0.2) is 0 Å². The lowest BCUT2D eigenvalue weighted by molar-refractivity contribution is 0.169. The van der Waals surface area contributed by atoms with Crippen molar-refractivity contribution in [1.82, 2.24) is 20.3 Å². The van der Waals surface area contributed by atoms with E-state index in [0.29, 0.717) is 5.92 Å². The lowest BCUT2D eigenvalue weighted by Gasteiger charge is -2.36. The number of hydrogen-bond donors (Lipinski definition) is 1. The zero-order chi connectivity index (χ0) is 15.8. The lowest BCUT2D eigenvalue weighted by Crippen LogP contribution is -2.52. The zero-order valence-corrected chi connectivity index (χ0v) is 14.1. The minimum absolute atomic E-state index is 0.700. The maximum atomic E-state index is 4.89. The van der Waals surface area contributed by atoms with E-state index in [9.17, 15) is 0 Å². The number of nitrogens with zero attached hydrogens (tertiary/aromatic N) is 4. The van der Waals surface area contributed by atoms with Crippen molar-refractivity contribution in [3.05, 3.63) is 18.0 Å². The van der Waals surface area contributed by atoms with E-state index in [2.05, 4.69) is 41.0 Å². The summed E-state index contributed by atoms with van der Waals surface area (Å²) in [6.07, 6.45) is 2.78. The number of nitrogens with one attached hydrogen (secondary N) is 1. The Balaban J connectivity index is 1.81. The summed E-state index contributed by atoms with van der Waals surface area (Å²) in [6, 6.07) is 1.93. The van der Waals surface area contributed by atoms with Gasteiger partial charge in [0.15, 0.2) is 5.96 Å². The van der Waals surface area contributed by atoms with Gasteiger partial charge in [0.05, 0.1) is 5.69 Å². The molecule has 0 aliphatic carbocycles. The number of rotatable bonds is 6. The van der Waals surface area contributed by atoms with Gasteiger partial charge in [0.2, 0.25) is 0 Å². The van der Waals surface area contributed by atoms with Gasteiger partial charge >= 0.3 is 0 Å². The van der Waals surface area contributed by atoms with Crippen LogP contribution >= 0.6 is 0 Å². The molecule has 1 aliphatic heterocycles. The first kappa shape index (κ1) is 16.8. The maximum absolute atomic E-state index is 4.89. The average molecular weight is 307 g/mol. The normalized spacial score (nSPS) is 17.3. The molecular formula is C16H29N5O. The summed E-state index contributed by atoms with van der Waals surface area (Å²) in [5.74, 6) is 1.76. The first-order chi connectivity index (χ1) is 10.7. The zero-order valence-electron chi connectivity index (χ0n) is 14.1. The van der Waals surface area contributed by atoms with Crippen molar-refractivity contribution in [1.29, 1.82) is 0 Å². The molecule has 1 aromatic rings. The third kappa shape index (κ3) is 5.33. The highest BCUT2D eigenvalue weighted by atomic mass is 16.5. The molecule has 0 bridgehead atoms. The van der Waals surface area contributed by atoms with Gasteiger partial charge in [-0.05, 0) is 19.3 Å². The largest absolute Gasteiger partial charge is 0.364 e. The molecule has 22 heavy (non-hydrogen) atoms. The molecule has 2 heterocycles. The fraction of sp³-hybridized carbons (Fsp3) is 0.750. The van der Waals surface area contributed by atoms with E-state index in [1.807, 2.05) is 6.07 Å². The van der Waals surface area contributed by atoms with Crippen molar-refractivity contribution in [3.63, 3.8) is 0 Å². The molecule has 0 unspecified atom stereocenters. The first-order valence-corrected chi connectivity index (χ1v) is 8.34. The van der Waals surface area contributed by atoms with Crippen LogP contribution in [-0.2, 0) is 6.54 Å². The predicted octanol–water partition coefficient (Wildman–Crippen LogP) is 1.80. The molecule has 0 saturated carbocycles. The third-order valence-corrected chi connectivity index (χ3v) is 3.85. The van der Waals surface area contributed by atoms with Gasteiger partial charge in [0.25, 0.3) is 0 Å². The van der Waals surface area contributed by atoms with Crippen molar-refractivity contribution in [2.45, 2.75) is 33.7 Å². The summed E-state index contributed by atoms with van der Waals surface area (Å²) in [5, 5.41) is 7.40. The van der Waals surface area contributed by atoms with Crippen LogP contribution in [0.2, 0.25) is 0 Å².